The van der Waals surface area contributed by atoms with E-state index in [1.54, 1.807) is 18.2 Å². The number of ether oxygens (including phenoxy) is 2. The zero-order chi connectivity index (χ0) is 25.8. The summed E-state index contributed by atoms with van der Waals surface area (Å²) in [6.07, 6.45) is 3.92. The first-order chi connectivity index (χ1) is 17.4. The first kappa shape index (κ1) is 25.2. The summed E-state index contributed by atoms with van der Waals surface area (Å²) in [4.78, 5) is 36.3. The number of hydrogen-bond donors (Lipinski definition) is 1. The Morgan fingerprint density at radius 3 is 2.56 bits per heavy atom. The molecule has 3 heterocycles. The van der Waals surface area contributed by atoms with Gasteiger partial charge in [-0.15, -0.1) is 0 Å². The second-order valence-corrected chi connectivity index (χ2v) is 8.59. The number of aromatic hydroxyl groups is 1. The molecule has 1 aliphatic heterocycles. The summed E-state index contributed by atoms with van der Waals surface area (Å²) in [7, 11) is 2.95. The zero-order valence-electron chi connectivity index (χ0n) is 20.5. The van der Waals surface area contributed by atoms with E-state index in [1.165, 1.54) is 42.0 Å². The van der Waals surface area contributed by atoms with E-state index < -0.39 is 28.7 Å². The van der Waals surface area contributed by atoms with Gasteiger partial charge in [-0.05, 0) is 37.1 Å². The second-order valence-electron chi connectivity index (χ2n) is 8.59. The van der Waals surface area contributed by atoms with Gasteiger partial charge in [0.25, 0.3) is 11.5 Å². The summed E-state index contributed by atoms with van der Waals surface area (Å²) in [5, 5.41) is 11.4. The van der Waals surface area contributed by atoms with Crippen LogP contribution in [0.2, 0.25) is 0 Å². The maximum absolute atomic E-state index is 14.3. The van der Waals surface area contributed by atoms with Crippen LogP contribution in [0.1, 0.15) is 54.0 Å². The fourth-order valence-corrected chi connectivity index (χ4v) is 4.55. The third-order valence-corrected chi connectivity index (χ3v) is 6.38. The molecule has 3 aromatic rings. The third kappa shape index (κ3) is 4.62. The Labute approximate surface area is 208 Å². The summed E-state index contributed by atoms with van der Waals surface area (Å²) < 4.78 is 26.6. The molecule has 1 fully saturated rings. The lowest BCUT2D eigenvalue weighted by atomic mass is 10.0. The number of hydrogen-bond acceptors (Lipinski definition) is 7. The van der Waals surface area contributed by atoms with Gasteiger partial charge in [0, 0.05) is 31.6 Å². The van der Waals surface area contributed by atoms with Gasteiger partial charge in [-0.25, -0.2) is 4.39 Å². The van der Waals surface area contributed by atoms with Crippen molar-refractivity contribution in [1.82, 2.24) is 19.4 Å². The molecule has 4 rings (SSSR count). The number of carbonyl (C=O) groups is 1. The third-order valence-electron chi connectivity index (χ3n) is 6.38. The Hall–Kier alpha value is -3.95. The predicted molar refractivity (Wildman–Crippen MR) is 131 cm³/mol. The molecule has 36 heavy (non-hydrogen) atoms. The summed E-state index contributed by atoms with van der Waals surface area (Å²) in [5.74, 6) is -0.933. The minimum absolute atomic E-state index is 0.168. The standard InChI is InChI=1S/C26H29FN4O5/c1-4-5-11-20-29-24(32)21(26(34)31(20)23-18(35-2)9-6-10-19(23)36-3)25(33)30-14-12-16(15-30)22-17(27)8-7-13-28-22/h6-10,13,16,34H,4-5,11-12,14-15H2,1-3H3. The number of aryl methyl sites for hydroxylation is 1. The van der Waals surface area contributed by atoms with Crippen molar-refractivity contribution in [3.8, 4) is 23.1 Å². The molecule has 1 amide bonds. The van der Waals surface area contributed by atoms with Crippen LogP contribution in [0.15, 0.2) is 41.3 Å². The number of nitrogens with zero attached hydrogens (tertiary/aromatic N) is 4. The van der Waals surface area contributed by atoms with Crippen LogP contribution >= 0.6 is 0 Å². The van der Waals surface area contributed by atoms with Crippen molar-refractivity contribution in [3.63, 3.8) is 0 Å². The Balaban J connectivity index is 1.80. The summed E-state index contributed by atoms with van der Waals surface area (Å²) in [5.41, 5.74) is -0.657. The number of rotatable bonds is 8. The fourth-order valence-electron chi connectivity index (χ4n) is 4.55. The van der Waals surface area contributed by atoms with Gasteiger partial charge < -0.3 is 19.5 Å². The van der Waals surface area contributed by atoms with Crippen LogP contribution in [0.25, 0.3) is 5.69 Å². The molecule has 0 aliphatic carbocycles. The molecule has 1 aliphatic rings. The molecule has 0 saturated carbocycles. The van der Waals surface area contributed by atoms with E-state index in [-0.39, 0.29) is 30.5 Å². The van der Waals surface area contributed by atoms with Crippen molar-refractivity contribution in [3.05, 3.63) is 69.8 Å². The first-order valence-corrected chi connectivity index (χ1v) is 11.9. The number of carbonyl (C=O) groups excluding carboxylic acids is 1. The van der Waals surface area contributed by atoms with Crippen LogP contribution < -0.4 is 15.0 Å². The monoisotopic (exact) mass is 496 g/mol. The molecule has 1 saturated heterocycles. The number of amides is 1. The summed E-state index contributed by atoms with van der Waals surface area (Å²) >= 11 is 0. The summed E-state index contributed by atoms with van der Waals surface area (Å²) in [6, 6.07) is 7.94. The Morgan fingerprint density at radius 1 is 1.19 bits per heavy atom. The molecule has 9 nitrogen and oxygen atoms in total. The highest BCUT2D eigenvalue weighted by atomic mass is 19.1. The van der Waals surface area contributed by atoms with E-state index in [4.69, 9.17) is 9.47 Å². The quantitative estimate of drug-likeness (QED) is 0.509. The zero-order valence-corrected chi connectivity index (χ0v) is 20.5. The average Bonchev–Trinajstić information content (AvgIpc) is 3.37. The van der Waals surface area contributed by atoms with Crippen molar-refractivity contribution in [2.45, 2.75) is 38.5 Å². The van der Waals surface area contributed by atoms with Crippen molar-refractivity contribution in [2.24, 2.45) is 0 Å². The van der Waals surface area contributed by atoms with Crippen molar-refractivity contribution in [2.75, 3.05) is 27.3 Å². The predicted octanol–water partition coefficient (Wildman–Crippen LogP) is 3.46. The molecule has 0 radical (unpaired) electrons. The largest absolute Gasteiger partial charge is 0.494 e. The van der Waals surface area contributed by atoms with Gasteiger partial charge in [0.1, 0.15) is 28.8 Å². The average molecular weight is 497 g/mol. The number of para-hydroxylation sites is 1. The highest BCUT2D eigenvalue weighted by Crippen LogP contribution is 2.37. The molecule has 2 aromatic heterocycles. The highest BCUT2D eigenvalue weighted by molar-refractivity contribution is 5.96. The van der Waals surface area contributed by atoms with E-state index in [2.05, 4.69) is 9.97 Å². The van der Waals surface area contributed by atoms with Gasteiger partial charge in [0.2, 0.25) is 5.88 Å². The first-order valence-electron chi connectivity index (χ1n) is 11.9. The number of aromatic nitrogens is 3. The lowest BCUT2D eigenvalue weighted by molar-refractivity contribution is 0.0784. The minimum atomic E-state index is -0.818. The number of likely N-dealkylation sites (tertiary alicyclic amines) is 1. The molecule has 0 bridgehead atoms. The molecule has 1 aromatic carbocycles. The smallest absolute Gasteiger partial charge is 0.289 e. The van der Waals surface area contributed by atoms with Crippen molar-refractivity contribution >= 4 is 5.91 Å². The lowest BCUT2D eigenvalue weighted by Crippen LogP contribution is -2.35. The molecule has 1 unspecified atom stereocenters. The molecule has 190 valence electrons. The van der Waals surface area contributed by atoms with Crippen molar-refractivity contribution in [1.29, 1.82) is 0 Å². The molecule has 1 atom stereocenters. The van der Waals surface area contributed by atoms with Gasteiger partial charge in [0.05, 0.1) is 19.9 Å². The van der Waals surface area contributed by atoms with Gasteiger partial charge in [-0.2, -0.15) is 4.98 Å². The van der Waals surface area contributed by atoms with Gasteiger partial charge >= 0.3 is 0 Å². The van der Waals surface area contributed by atoms with Crippen LogP contribution in [0.3, 0.4) is 0 Å². The molecule has 0 spiro atoms. The number of unbranched alkanes of at least 4 members (excludes halogenated alkanes) is 1. The van der Waals surface area contributed by atoms with E-state index >= 15 is 0 Å². The maximum atomic E-state index is 14.3. The van der Waals surface area contributed by atoms with E-state index in [0.29, 0.717) is 36.4 Å². The lowest BCUT2D eigenvalue weighted by Gasteiger charge is -2.22. The van der Waals surface area contributed by atoms with E-state index in [9.17, 15) is 19.1 Å². The molecular weight excluding hydrogens is 467 g/mol. The Bertz CT molecular complexity index is 1300. The minimum Gasteiger partial charge on any atom is -0.494 e. The highest BCUT2D eigenvalue weighted by Gasteiger charge is 2.34. The molecular formula is C26H29FN4O5. The van der Waals surface area contributed by atoms with Crippen LogP contribution in [0.5, 0.6) is 17.4 Å². The van der Waals surface area contributed by atoms with Gasteiger partial charge in [-0.1, -0.05) is 19.4 Å². The van der Waals surface area contributed by atoms with Crippen molar-refractivity contribution < 1.29 is 23.8 Å². The topological polar surface area (TPSA) is 107 Å². The van der Waals surface area contributed by atoms with Crippen LogP contribution in [-0.2, 0) is 6.42 Å². The normalized spacial score (nSPS) is 15.2. The Morgan fingerprint density at radius 2 is 1.92 bits per heavy atom. The number of pyridine rings is 1. The fraction of sp³-hybridized carbons (Fsp3) is 0.385. The second kappa shape index (κ2) is 10.8. The molecule has 10 heteroatoms. The number of benzene rings is 1. The van der Waals surface area contributed by atoms with Gasteiger partial charge in [0.15, 0.2) is 5.56 Å². The maximum Gasteiger partial charge on any atom is 0.289 e. The van der Waals surface area contributed by atoms with Gasteiger partial charge in [-0.3, -0.25) is 19.1 Å². The van der Waals surface area contributed by atoms with Crippen LogP contribution in [0, 0.1) is 5.82 Å². The Kier molecular flexibility index (Phi) is 7.52. The van der Waals surface area contributed by atoms with Crippen LogP contribution in [0.4, 0.5) is 4.39 Å². The number of methoxy groups -OCH3 is 2. The van der Waals surface area contributed by atoms with E-state index in [0.717, 1.165) is 6.42 Å². The summed E-state index contributed by atoms with van der Waals surface area (Å²) in [6.45, 7) is 2.45. The molecule has 1 N–H and O–H groups in total. The SMILES string of the molecule is CCCCc1nc(=O)c(C(=O)N2CCC(c3ncccc3F)C2)c(O)n1-c1c(OC)cccc1OC. The van der Waals surface area contributed by atoms with E-state index in [1.807, 2.05) is 6.92 Å². The number of halogens is 1. The van der Waals surface area contributed by atoms with Crippen LogP contribution in [-0.4, -0.2) is 57.8 Å².